The molecule has 0 atom stereocenters. The van der Waals surface area contributed by atoms with Gasteiger partial charge >= 0.3 is 0 Å². The molecule has 0 aromatic carbocycles. The van der Waals surface area contributed by atoms with Gasteiger partial charge in [0.25, 0.3) is 0 Å². The molecule has 5 heteroatoms. The first-order valence-corrected chi connectivity index (χ1v) is 5.75. The number of nitrogens with zero attached hydrogens (tertiary/aromatic N) is 2. The van der Waals surface area contributed by atoms with E-state index < -0.39 is 0 Å². The normalized spacial score (nSPS) is 10.4. The van der Waals surface area contributed by atoms with Gasteiger partial charge in [0.1, 0.15) is 6.61 Å². The van der Waals surface area contributed by atoms with E-state index in [4.69, 9.17) is 4.74 Å². The Kier molecular flexibility index (Phi) is 2.88. The highest BCUT2D eigenvalue weighted by Crippen LogP contribution is 2.21. The van der Waals surface area contributed by atoms with Crippen molar-refractivity contribution in [3.8, 4) is 5.75 Å². The van der Waals surface area contributed by atoms with Crippen LogP contribution in [-0.4, -0.2) is 9.78 Å². The lowest BCUT2D eigenvalue weighted by Gasteiger charge is -1.99. The molecule has 0 aliphatic carbocycles. The molecule has 0 saturated heterocycles. The number of hydrogen-bond acceptors (Lipinski definition) is 3. The molecule has 2 heterocycles. The molecule has 0 fully saturated rings. The second-order valence-corrected chi connectivity index (χ2v) is 4.78. The van der Waals surface area contributed by atoms with Gasteiger partial charge in [-0.25, -0.2) is 0 Å². The lowest BCUT2D eigenvalue weighted by molar-refractivity contribution is 0.309. The maximum atomic E-state index is 5.53. The molecule has 0 unspecified atom stereocenters. The second kappa shape index (κ2) is 4.14. The summed E-state index contributed by atoms with van der Waals surface area (Å²) >= 11 is 5.08. The van der Waals surface area contributed by atoms with Crippen LogP contribution in [0.5, 0.6) is 5.75 Å². The minimum absolute atomic E-state index is 0.599. The van der Waals surface area contributed by atoms with Crippen LogP contribution in [-0.2, 0) is 13.7 Å². The van der Waals surface area contributed by atoms with Crippen molar-refractivity contribution in [2.24, 2.45) is 7.05 Å². The quantitative estimate of drug-likeness (QED) is 0.859. The zero-order valence-corrected chi connectivity index (χ0v) is 10.0. The number of halogens is 1. The average Bonchev–Trinajstić information content (AvgIpc) is 2.72. The summed E-state index contributed by atoms with van der Waals surface area (Å²) in [6.07, 6.45) is 3.56. The van der Waals surface area contributed by atoms with Gasteiger partial charge < -0.3 is 4.74 Å². The summed E-state index contributed by atoms with van der Waals surface area (Å²) < 4.78 is 8.36. The predicted octanol–water partition coefficient (Wildman–Crippen LogP) is 2.82. The number of aromatic nitrogens is 2. The first-order valence-electron chi connectivity index (χ1n) is 4.08. The van der Waals surface area contributed by atoms with E-state index >= 15 is 0 Å². The average molecular weight is 273 g/mol. The van der Waals surface area contributed by atoms with Gasteiger partial charge in [0.05, 0.1) is 12.4 Å². The Morgan fingerprint density at radius 3 is 3.07 bits per heavy atom. The first-order chi connectivity index (χ1) is 6.74. The molecule has 3 nitrogen and oxygen atoms in total. The van der Waals surface area contributed by atoms with E-state index in [1.54, 1.807) is 22.2 Å². The van der Waals surface area contributed by atoms with Crippen LogP contribution >= 0.6 is 27.3 Å². The summed E-state index contributed by atoms with van der Waals surface area (Å²) in [5, 5.41) is 6.06. The van der Waals surface area contributed by atoms with Crippen LogP contribution in [0.4, 0.5) is 0 Å². The van der Waals surface area contributed by atoms with Crippen molar-refractivity contribution >= 4 is 27.3 Å². The highest BCUT2D eigenvalue weighted by molar-refractivity contribution is 9.10. The van der Waals surface area contributed by atoms with Crippen LogP contribution in [0.1, 0.15) is 4.88 Å². The minimum Gasteiger partial charge on any atom is -0.485 e. The van der Waals surface area contributed by atoms with Crippen LogP contribution in [0.15, 0.2) is 28.3 Å². The summed E-state index contributed by atoms with van der Waals surface area (Å²) in [4.78, 5) is 1.20. The van der Waals surface area contributed by atoms with Gasteiger partial charge in [0, 0.05) is 21.8 Å². The van der Waals surface area contributed by atoms with E-state index in [1.807, 2.05) is 18.6 Å². The van der Waals surface area contributed by atoms with Gasteiger partial charge in [0.2, 0.25) is 0 Å². The fourth-order valence-corrected chi connectivity index (χ4v) is 2.42. The Balaban J connectivity index is 1.94. The third-order valence-electron chi connectivity index (χ3n) is 1.68. The van der Waals surface area contributed by atoms with Crippen molar-refractivity contribution in [3.05, 3.63) is 33.2 Å². The number of thiophene rings is 1. The summed E-state index contributed by atoms with van der Waals surface area (Å²) in [5.41, 5.74) is 0. The van der Waals surface area contributed by atoms with Gasteiger partial charge in [-0.05, 0) is 22.0 Å². The largest absolute Gasteiger partial charge is 0.485 e. The highest BCUT2D eigenvalue weighted by Gasteiger charge is 2.00. The fourth-order valence-electron chi connectivity index (χ4n) is 1.06. The van der Waals surface area contributed by atoms with Gasteiger partial charge in [-0.1, -0.05) is 0 Å². The molecule has 14 heavy (non-hydrogen) atoms. The van der Waals surface area contributed by atoms with Crippen LogP contribution in [0.3, 0.4) is 0 Å². The lowest BCUT2D eigenvalue weighted by atomic mass is 10.5. The zero-order valence-electron chi connectivity index (χ0n) is 7.61. The molecule has 2 rings (SSSR count). The number of hydrogen-bond donors (Lipinski definition) is 0. The Bertz CT molecular complexity index is 384. The third-order valence-corrected chi connectivity index (χ3v) is 3.36. The minimum atomic E-state index is 0.599. The maximum Gasteiger partial charge on any atom is 0.157 e. The lowest BCUT2D eigenvalue weighted by Crippen LogP contribution is -1.91. The molecule has 0 bridgehead atoms. The molecule has 74 valence electrons. The summed E-state index contributed by atoms with van der Waals surface area (Å²) in [6, 6.07) is 2.06. The van der Waals surface area contributed by atoms with Gasteiger partial charge in [0.15, 0.2) is 5.75 Å². The fraction of sp³-hybridized carbons (Fsp3) is 0.222. The van der Waals surface area contributed by atoms with Crippen LogP contribution in [0.25, 0.3) is 0 Å². The smallest absolute Gasteiger partial charge is 0.157 e. The summed E-state index contributed by atoms with van der Waals surface area (Å²) in [7, 11) is 1.87. The van der Waals surface area contributed by atoms with Crippen molar-refractivity contribution in [2.75, 3.05) is 0 Å². The van der Waals surface area contributed by atoms with E-state index in [0.717, 1.165) is 10.2 Å². The van der Waals surface area contributed by atoms with Crippen molar-refractivity contribution in [1.29, 1.82) is 0 Å². The molecule has 2 aromatic heterocycles. The topological polar surface area (TPSA) is 27.1 Å². The van der Waals surface area contributed by atoms with Crippen molar-refractivity contribution < 1.29 is 4.74 Å². The standard InChI is InChI=1S/C9H9BrN2OS/c1-12-4-8(3-11-12)13-5-9-2-7(10)6-14-9/h2-4,6H,5H2,1H3. The molecule has 0 aliphatic heterocycles. The molecule has 2 aromatic rings. The van der Waals surface area contributed by atoms with Gasteiger partial charge in [-0.3, -0.25) is 4.68 Å². The van der Waals surface area contributed by atoms with Crippen molar-refractivity contribution in [2.45, 2.75) is 6.61 Å². The zero-order chi connectivity index (χ0) is 9.97. The SMILES string of the molecule is Cn1cc(OCc2cc(Br)cs2)cn1. The van der Waals surface area contributed by atoms with E-state index in [0.29, 0.717) is 6.61 Å². The molecule has 0 saturated carbocycles. The monoisotopic (exact) mass is 272 g/mol. The Morgan fingerprint density at radius 2 is 2.50 bits per heavy atom. The molecule has 0 amide bonds. The van der Waals surface area contributed by atoms with Crippen molar-refractivity contribution in [3.63, 3.8) is 0 Å². The highest BCUT2D eigenvalue weighted by atomic mass is 79.9. The summed E-state index contributed by atoms with van der Waals surface area (Å²) in [6.45, 7) is 0.599. The van der Waals surface area contributed by atoms with E-state index in [2.05, 4.69) is 27.1 Å². The molecular formula is C9H9BrN2OS. The predicted molar refractivity (Wildman–Crippen MR) is 59.6 cm³/mol. The van der Waals surface area contributed by atoms with Crippen LogP contribution in [0, 0.1) is 0 Å². The molecular weight excluding hydrogens is 264 g/mol. The van der Waals surface area contributed by atoms with Crippen LogP contribution in [0.2, 0.25) is 0 Å². The maximum absolute atomic E-state index is 5.53. The van der Waals surface area contributed by atoms with Crippen LogP contribution < -0.4 is 4.74 Å². The second-order valence-electron chi connectivity index (χ2n) is 2.87. The van der Waals surface area contributed by atoms with E-state index in [9.17, 15) is 0 Å². The third kappa shape index (κ3) is 2.36. The van der Waals surface area contributed by atoms with Gasteiger partial charge in [-0.15, -0.1) is 11.3 Å². The molecule has 0 aliphatic rings. The Hall–Kier alpha value is -0.810. The number of ether oxygens (including phenoxy) is 1. The van der Waals surface area contributed by atoms with Crippen molar-refractivity contribution in [1.82, 2.24) is 9.78 Å². The molecule has 0 radical (unpaired) electrons. The number of aryl methyl sites for hydroxylation is 1. The van der Waals surface area contributed by atoms with E-state index in [1.165, 1.54) is 4.88 Å². The van der Waals surface area contributed by atoms with Gasteiger partial charge in [-0.2, -0.15) is 5.10 Å². The van der Waals surface area contributed by atoms with E-state index in [-0.39, 0.29) is 0 Å². The number of rotatable bonds is 3. The summed E-state index contributed by atoms with van der Waals surface area (Å²) in [5.74, 6) is 0.803. The first kappa shape index (κ1) is 9.73. The molecule has 0 spiro atoms. The Labute approximate surface area is 94.4 Å². The Morgan fingerprint density at radius 1 is 1.64 bits per heavy atom. The molecule has 0 N–H and O–H groups in total.